The van der Waals surface area contributed by atoms with Crippen LogP contribution in [0.1, 0.15) is 12.8 Å². The first-order valence-corrected chi connectivity index (χ1v) is 3.69. The lowest BCUT2D eigenvalue weighted by Gasteiger charge is -2.12. The maximum absolute atomic E-state index is 5.46. The average Bonchev–Trinajstić information content (AvgIpc) is 2.17. The largest absolute Gasteiger partial charge is 0.382 e. The fraction of sp³-hybridized carbons (Fsp3) is 0.750. The first kappa shape index (κ1) is 7.76. The lowest BCUT2D eigenvalue weighted by Crippen LogP contribution is -2.17. The molecule has 0 aromatic carbocycles. The van der Waals surface area contributed by atoms with Gasteiger partial charge in [-0.15, -0.1) is 0 Å². The van der Waals surface area contributed by atoms with E-state index in [9.17, 15) is 0 Å². The molecular formula is C8H14O2. The molecule has 0 radical (unpaired) electrons. The molecule has 0 aromatic heterocycles. The second-order valence-corrected chi connectivity index (χ2v) is 2.44. The smallest absolute Gasteiger partial charge is 0.0842 e. The Labute approximate surface area is 61.8 Å². The maximum Gasteiger partial charge on any atom is 0.0842 e. The van der Waals surface area contributed by atoms with Gasteiger partial charge in [0.1, 0.15) is 0 Å². The molecule has 1 atom stereocenters. The predicted octanol–water partition coefficient (Wildman–Crippen LogP) is 1.37. The average molecular weight is 142 g/mol. The van der Waals surface area contributed by atoms with Gasteiger partial charge in [-0.25, -0.2) is 0 Å². The molecule has 2 heteroatoms. The van der Waals surface area contributed by atoms with Crippen molar-refractivity contribution in [2.45, 2.75) is 18.9 Å². The Bertz CT molecular complexity index is 110. The van der Waals surface area contributed by atoms with Crippen molar-refractivity contribution >= 4 is 0 Å². The molecule has 0 spiro atoms. The SMILES string of the molecule is COC[C@@H]1CC=CCCO1. The Morgan fingerprint density at radius 1 is 1.60 bits per heavy atom. The van der Waals surface area contributed by atoms with E-state index >= 15 is 0 Å². The Kier molecular flexibility index (Phi) is 3.47. The van der Waals surface area contributed by atoms with Gasteiger partial charge in [0.15, 0.2) is 0 Å². The number of ether oxygens (including phenoxy) is 2. The fourth-order valence-corrected chi connectivity index (χ4v) is 1.04. The van der Waals surface area contributed by atoms with Crippen molar-refractivity contribution in [2.24, 2.45) is 0 Å². The molecule has 1 aliphatic rings. The zero-order chi connectivity index (χ0) is 7.23. The van der Waals surface area contributed by atoms with Crippen LogP contribution in [0.2, 0.25) is 0 Å². The number of hydrogen-bond donors (Lipinski definition) is 0. The fourth-order valence-electron chi connectivity index (χ4n) is 1.04. The van der Waals surface area contributed by atoms with E-state index in [0.29, 0.717) is 6.61 Å². The van der Waals surface area contributed by atoms with E-state index in [1.807, 2.05) is 0 Å². The second-order valence-electron chi connectivity index (χ2n) is 2.44. The van der Waals surface area contributed by atoms with Gasteiger partial charge in [0, 0.05) is 7.11 Å². The third-order valence-corrected chi connectivity index (χ3v) is 1.56. The first-order chi connectivity index (χ1) is 4.93. The molecule has 1 aliphatic heterocycles. The van der Waals surface area contributed by atoms with Gasteiger partial charge in [0.05, 0.1) is 19.3 Å². The van der Waals surface area contributed by atoms with E-state index in [4.69, 9.17) is 9.47 Å². The van der Waals surface area contributed by atoms with Crippen LogP contribution in [0.15, 0.2) is 12.2 Å². The topological polar surface area (TPSA) is 18.5 Å². The number of methoxy groups -OCH3 is 1. The van der Waals surface area contributed by atoms with Crippen LogP contribution in [-0.2, 0) is 9.47 Å². The van der Waals surface area contributed by atoms with Crippen LogP contribution in [0.5, 0.6) is 0 Å². The van der Waals surface area contributed by atoms with E-state index in [1.54, 1.807) is 7.11 Å². The molecule has 0 saturated carbocycles. The van der Waals surface area contributed by atoms with Gasteiger partial charge in [-0.3, -0.25) is 0 Å². The number of hydrogen-bond acceptors (Lipinski definition) is 2. The molecule has 10 heavy (non-hydrogen) atoms. The van der Waals surface area contributed by atoms with Crippen molar-refractivity contribution in [3.63, 3.8) is 0 Å². The van der Waals surface area contributed by atoms with Gasteiger partial charge in [-0.1, -0.05) is 12.2 Å². The summed E-state index contributed by atoms with van der Waals surface area (Å²) in [6.07, 6.45) is 6.64. The Morgan fingerprint density at radius 3 is 3.30 bits per heavy atom. The Hall–Kier alpha value is -0.340. The zero-order valence-electron chi connectivity index (χ0n) is 6.38. The third kappa shape index (κ3) is 2.50. The number of rotatable bonds is 2. The molecule has 0 amide bonds. The van der Waals surface area contributed by atoms with Crippen molar-refractivity contribution in [3.05, 3.63) is 12.2 Å². The first-order valence-electron chi connectivity index (χ1n) is 3.69. The summed E-state index contributed by atoms with van der Waals surface area (Å²) in [5.41, 5.74) is 0. The lowest BCUT2D eigenvalue weighted by atomic mass is 10.2. The highest BCUT2D eigenvalue weighted by molar-refractivity contribution is 4.86. The summed E-state index contributed by atoms with van der Waals surface area (Å²) < 4.78 is 10.4. The molecule has 0 unspecified atom stereocenters. The second kappa shape index (κ2) is 4.47. The van der Waals surface area contributed by atoms with Crippen LogP contribution in [0.25, 0.3) is 0 Å². The standard InChI is InChI=1S/C8H14O2/c1-9-7-8-5-3-2-4-6-10-8/h2-3,8H,4-7H2,1H3/t8-/m0/s1. The minimum atomic E-state index is 0.281. The molecule has 58 valence electrons. The normalized spacial score (nSPS) is 26.3. The molecule has 0 aromatic rings. The van der Waals surface area contributed by atoms with Gasteiger partial charge in [-0.2, -0.15) is 0 Å². The third-order valence-electron chi connectivity index (χ3n) is 1.56. The minimum absolute atomic E-state index is 0.281. The maximum atomic E-state index is 5.46. The van der Waals surface area contributed by atoms with Crippen molar-refractivity contribution in [1.82, 2.24) is 0 Å². The van der Waals surface area contributed by atoms with Crippen molar-refractivity contribution < 1.29 is 9.47 Å². The summed E-state index contributed by atoms with van der Waals surface area (Å²) in [6.45, 7) is 1.55. The van der Waals surface area contributed by atoms with Crippen molar-refractivity contribution in [2.75, 3.05) is 20.3 Å². The highest BCUT2D eigenvalue weighted by Gasteiger charge is 2.07. The summed E-state index contributed by atoms with van der Waals surface area (Å²) >= 11 is 0. The van der Waals surface area contributed by atoms with Crippen LogP contribution >= 0.6 is 0 Å². The summed E-state index contributed by atoms with van der Waals surface area (Å²) in [4.78, 5) is 0. The summed E-state index contributed by atoms with van der Waals surface area (Å²) in [5.74, 6) is 0. The van der Waals surface area contributed by atoms with Crippen LogP contribution < -0.4 is 0 Å². The summed E-state index contributed by atoms with van der Waals surface area (Å²) in [5, 5.41) is 0. The van der Waals surface area contributed by atoms with E-state index in [2.05, 4.69) is 12.2 Å². The van der Waals surface area contributed by atoms with Crippen molar-refractivity contribution in [1.29, 1.82) is 0 Å². The van der Waals surface area contributed by atoms with E-state index in [-0.39, 0.29) is 6.10 Å². The van der Waals surface area contributed by atoms with Gasteiger partial charge < -0.3 is 9.47 Å². The zero-order valence-corrected chi connectivity index (χ0v) is 6.38. The minimum Gasteiger partial charge on any atom is -0.382 e. The van der Waals surface area contributed by atoms with Crippen LogP contribution in [-0.4, -0.2) is 26.4 Å². The van der Waals surface area contributed by atoms with E-state index in [0.717, 1.165) is 19.4 Å². The van der Waals surface area contributed by atoms with Gasteiger partial charge in [0.2, 0.25) is 0 Å². The highest BCUT2D eigenvalue weighted by Crippen LogP contribution is 2.06. The molecular weight excluding hydrogens is 128 g/mol. The molecule has 1 heterocycles. The Morgan fingerprint density at radius 2 is 2.50 bits per heavy atom. The molecule has 0 saturated heterocycles. The lowest BCUT2D eigenvalue weighted by molar-refractivity contribution is 0.00497. The molecule has 0 bridgehead atoms. The Balaban J connectivity index is 2.23. The van der Waals surface area contributed by atoms with Crippen LogP contribution in [0, 0.1) is 0 Å². The molecule has 0 aliphatic carbocycles. The van der Waals surface area contributed by atoms with E-state index in [1.165, 1.54) is 0 Å². The van der Waals surface area contributed by atoms with Crippen molar-refractivity contribution in [3.8, 4) is 0 Å². The van der Waals surface area contributed by atoms with Crippen LogP contribution in [0.4, 0.5) is 0 Å². The van der Waals surface area contributed by atoms with Crippen LogP contribution in [0.3, 0.4) is 0 Å². The predicted molar refractivity (Wildman–Crippen MR) is 40.0 cm³/mol. The highest BCUT2D eigenvalue weighted by atomic mass is 16.5. The molecule has 0 fully saturated rings. The summed E-state index contributed by atoms with van der Waals surface area (Å²) in [7, 11) is 1.71. The van der Waals surface area contributed by atoms with Gasteiger partial charge in [0.25, 0.3) is 0 Å². The van der Waals surface area contributed by atoms with Gasteiger partial charge in [-0.05, 0) is 12.8 Å². The monoisotopic (exact) mass is 142 g/mol. The quantitative estimate of drug-likeness (QED) is 0.542. The molecule has 2 nitrogen and oxygen atoms in total. The summed E-state index contributed by atoms with van der Waals surface area (Å²) in [6, 6.07) is 0. The van der Waals surface area contributed by atoms with Gasteiger partial charge >= 0.3 is 0 Å². The molecule has 0 N–H and O–H groups in total. The van der Waals surface area contributed by atoms with E-state index < -0.39 is 0 Å². The molecule has 1 rings (SSSR count).